The number of hydrogen-bond acceptors (Lipinski definition) is 7. The molecule has 1 aromatic carbocycles. The number of carbonyl (C=O) groups excluding carboxylic acids is 1. The molecule has 2 aliphatic heterocycles. The summed E-state index contributed by atoms with van der Waals surface area (Å²) >= 11 is 0. The van der Waals surface area contributed by atoms with Crippen LogP contribution in [-0.4, -0.2) is 66.0 Å². The topological polar surface area (TPSA) is 80.9 Å². The molecule has 2 aromatic rings. The van der Waals surface area contributed by atoms with E-state index in [0.717, 1.165) is 37.6 Å². The quantitative estimate of drug-likeness (QED) is 0.762. The van der Waals surface area contributed by atoms with Crippen molar-refractivity contribution in [2.75, 3.05) is 40.0 Å². The second kappa shape index (κ2) is 8.92. The van der Waals surface area contributed by atoms with Crippen LogP contribution in [0, 0.1) is 12.8 Å². The average Bonchev–Trinajstić information content (AvgIpc) is 3.03. The van der Waals surface area contributed by atoms with Crippen molar-refractivity contribution in [1.82, 2.24) is 20.1 Å². The summed E-state index contributed by atoms with van der Waals surface area (Å²) < 4.78 is 15.9. The molecule has 0 radical (unpaired) electrons. The third kappa shape index (κ3) is 4.59. The third-order valence-electron chi connectivity index (χ3n) is 5.66. The molecular weight excluding hydrogens is 372 g/mol. The number of rotatable bonds is 5. The smallest absolute Gasteiger partial charge is 0.278 e. The van der Waals surface area contributed by atoms with Crippen molar-refractivity contribution >= 4 is 5.91 Å². The summed E-state index contributed by atoms with van der Waals surface area (Å²) in [6, 6.07) is 6.31. The molecule has 1 amide bonds. The molecule has 1 aromatic heterocycles. The normalized spacial score (nSPS) is 20.1. The second-order valence-corrected chi connectivity index (χ2v) is 7.91. The van der Waals surface area contributed by atoms with Crippen molar-refractivity contribution in [3.05, 3.63) is 40.7 Å². The molecule has 8 heteroatoms. The number of hydrogen-bond donors (Lipinski definition) is 0. The molecule has 0 N–H and O–H groups in total. The first-order chi connectivity index (χ1) is 14.1. The van der Waals surface area contributed by atoms with E-state index in [4.69, 9.17) is 14.1 Å². The largest absolute Gasteiger partial charge is 0.491 e. The molecule has 0 unspecified atom stereocenters. The van der Waals surface area contributed by atoms with Gasteiger partial charge in [0.05, 0.1) is 13.2 Å². The zero-order valence-electron chi connectivity index (χ0n) is 17.1. The number of fused-ring (bicyclic) bond motifs is 1. The van der Waals surface area contributed by atoms with Gasteiger partial charge in [-0.2, -0.15) is 0 Å². The lowest BCUT2D eigenvalue weighted by Crippen LogP contribution is -2.36. The molecule has 0 saturated carbocycles. The van der Waals surface area contributed by atoms with E-state index in [1.54, 1.807) is 18.9 Å². The number of nitrogens with zero attached hydrogens (tertiary/aromatic N) is 4. The number of methoxy groups -OCH3 is 1. The van der Waals surface area contributed by atoms with Gasteiger partial charge in [0.1, 0.15) is 18.1 Å². The second-order valence-electron chi connectivity index (χ2n) is 7.91. The van der Waals surface area contributed by atoms with Crippen molar-refractivity contribution in [2.24, 2.45) is 5.92 Å². The van der Waals surface area contributed by atoms with E-state index >= 15 is 0 Å². The number of amides is 1. The molecule has 0 bridgehead atoms. The van der Waals surface area contributed by atoms with Crippen molar-refractivity contribution in [2.45, 2.75) is 32.9 Å². The standard InChI is InChI=1S/C21H28N4O4/c1-15-20(23-29-22-15)21(26)25-8-9-28-19-6-5-16(10-18(19)13-25)11-24-7-3-4-17(12-24)14-27-2/h5-6,10,17H,3-4,7-9,11-14H2,1-2H3/t17-/m1/s1. The molecule has 0 aliphatic carbocycles. The van der Waals surface area contributed by atoms with Gasteiger partial charge in [0.15, 0.2) is 5.69 Å². The van der Waals surface area contributed by atoms with Crippen LogP contribution in [0.2, 0.25) is 0 Å². The number of carbonyl (C=O) groups is 1. The predicted molar refractivity (Wildman–Crippen MR) is 106 cm³/mol. The highest BCUT2D eigenvalue weighted by Crippen LogP contribution is 2.27. The molecular formula is C21H28N4O4. The minimum absolute atomic E-state index is 0.177. The average molecular weight is 400 g/mol. The van der Waals surface area contributed by atoms with E-state index in [1.165, 1.54) is 18.4 Å². The maximum absolute atomic E-state index is 12.8. The predicted octanol–water partition coefficient (Wildman–Crippen LogP) is 2.27. The SMILES string of the molecule is COC[C@@H]1CCCN(Cc2ccc3c(c2)CN(C(=O)c2nonc2C)CCO3)C1. The molecule has 156 valence electrons. The fourth-order valence-electron chi connectivity index (χ4n) is 4.22. The van der Waals surface area contributed by atoms with Crippen LogP contribution in [0.3, 0.4) is 0 Å². The van der Waals surface area contributed by atoms with Crippen LogP contribution in [0.25, 0.3) is 0 Å². The van der Waals surface area contributed by atoms with Crippen molar-refractivity contribution in [3.63, 3.8) is 0 Å². The lowest BCUT2D eigenvalue weighted by molar-refractivity contribution is 0.0721. The number of benzene rings is 1. The van der Waals surface area contributed by atoms with Gasteiger partial charge in [-0.1, -0.05) is 11.2 Å². The molecule has 1 fully saturated rings. The Morgan fingerprint density at radius 3 is 3.00 bits per heavy atom. The zero-order chi connectivity index (χ0) is 20.2. The summed E-state index contributed by atoms with van der Waals surface area (Å²) in [6.07, 6.45) is 2.44. The fraction of sp³-hybridized carbons (Fsp3) is 0.571. The summed E-state index contributed by atoms with van der Waals surface area (Å²) in [7, 11) is 1.77. The molecule has 4 rings (SSSR count). The van der Waals surface area contributed by atoms with E-state index in [2.05, 4.69) is 27.3 Å². The summed E-state index contributed by atoms with van der Waals surface area (Å²) in [5, 5.41) is 7.48. The first-order valence-electron chi connectivity index (χ1n) is 10.2. The Morgan fingerprint density at radius 1 is 1.31 bits per heavy atom. The Kier molecular flexibility index (Phi) is 6.10. The fourth-order valence-corrected chi connectivity index (χ4v) is 4.22. The van der Waals surface area contributed by atoms with Crippen LogP contribution in [0.4, 0.5) is 0 Å². The first kappa shape index (κ1) is 19.8. The highest BCUT2D eigenvalue weighted by molar-refractivity contribution is 5.93. The summed E-state index contributed by atoms with van der Waals surface area (Å²) in [4.78, 5) is 17.1. The Hall–Kier alpha value is -2.45. The molecule has 29 heavy (non-hydrogen) atoms. The van der Waals surface area contributed by atoms with Crippen LogP contribution in [-0.2, 0) is 17.8 Å². The highest BCUT2D eigenvalue weighted by atomic mass is 16.6. The van der Waals surface area contributed by atoms with Gasteiger partial charge in [-0.15, -0.1) is 0 Å². The number of piperidine rings is 1. The van der Waals surface area contributed by atoms with Crippen molar-refractivity contribution < 1.29 is 18.9 Å². The Balaban J connectivity index is 1.47. The zero-order valence-corrected chi connectivity index (χ0v) is 17.1. The van der Waals surface area contributed by atoms with Gasteiger partial charge < -0.3 is 14.4 Å². The number of aromatic nitrogens is 2. The van der Waals surface area contributed by atoms with E-state index < -0.39 is 0 Å². The summed E-state index contributed by atoms with van der Waals surface area (Å²) in [5.41, 5.74) is 3.03. The number of likely N-dealkylation sites (tertiary alicyclic amines) is 1. The lowest BCUT2D eigenvalue weighted by atomic mass is 9.98. The molecule has 1 saturated heterocycles. The maximum Gasteiger partial charge on any atom is 0.278 e. The van der Waals surface area contributed by atoms with Crippen LogP contribution >= 0.6 is 0 Å². The lowest BCUT2D eigenvalue weighted by Gasteiger charge is -2.32. The molecule has 2 aliphatic rings. The van der Waals surface area contributed by atoms with E-state index in [-0.39, 0.29) is 11.6 Å². The Labute approximate surface area is 170 Å². The van der Waals surface area contributed by atoms with Crippen molar-refractivity contribution in [1.29, 1.82) is 0 Å². The van der Waals surface area contributed by atoms with Crippen LogP contribution in [0.1, 0.15) is 40.2 Å². The van der Waals surface area contributed by atoms with Gasteiger partial charge in [-0.25, -0.2) is 4.63 Å². The van der Waals surface area contributed by atoms with E-state index in [1.807, 2.05) is 6.07 Å². The van der Waals surface area contributed by atoms with E-state index in [9.17, 15) is 4.79 Å². The first-order valence-corrected chi connectivity index (χ1v) is 10.2. The monoisotopic (exact) mass is 400 g/mol. The highest BCUT2D eigenvalue weighted by Gasteiger charge is 2.26. The molecule has 8 nitrogen and oxygen atoms in total. The van der Waals surface area contributed by atoms with Crippen LogP contribution in [0.5, 0.6) is 5.75 Å². The maximum atomic E-state index is 12.8. The summed E-state index contributed by atoms with van der Waals surface area (Å²) in [6.45, 7) is 7.05. The van der Waals surface area contributed by atoms with Gasteiger partial charge in [0.25, 0.3) is 5.91 Å². The Morgan fingerprint density at radius 2 is 2.21 bits per heavy atom. The minimum atomic E-state index is -0.177. The minimum Gasteiger partial charge on any atom is -0.491 e. The molecule has 0 spiro atoms. The number of ether oxygens (including phenoxy) is 2. The van der Waals surface area contributed by atoms with Gasteiger partial charge >= 0.3 is 0 Å². The van der Waals surface area contributed by atoms with Gasteiger partial charge in [0, 0.05) is 32.3 Å². The summed E-state index contributed by atoms with van der Waals surface area (Å²) in [5.74, 6) is 1.27. The molecule has 3 heterocycles. The van der Waals surface area contributed by atoms with Gasteiger partial charge in [-0.05, 0) is 55.1 Å². The number of aryl methyl sites for hydroxylation is 1. The Bertz CT molecular complexity index is 851. The van der Waals surface area contributed by atoms with Crippen molar-refractivity contribution in [3.8, 4) is 5.75 Å². The van der Waals surface area contributed by atoms with Gasteiger partial charge in [-0.3, -0.25) is 9.69 Å². The van der Waals surface area contributed by atoms with Crippen LogP contribution in [0.15, 0.2) is 22.8 Å². The molecule has 1 atom stereocenters. The van der Waals surface area contributed by atoms with Gasteiger partial charge in [0.2, 0.25) is 0 Å². The van der Waals surface area contributed by atoms with Crippen LogP contribution < -0.4 is 4.74 Å². The van der Waals surface area contributed by atoms with E-state index in [0.29, 0.717) is 31.3 Å². The third-order valence-corrected chi connectivity index (χ3v) is 5.66.